The average Bonchev–Trinajstić information content (AvgIpc) is 3.27. The Hall–Kier alpha value is -7.23. The Morgan fingerprint density at radius 3 is 0.593 bits per heavy atom. The second-order valence-electron chi connectivity index (χ2n) is 13.1. The number of rotatable bonds is 8. The fraction of sp³-hybridized carbons (Fsp3) is 0. The lowest BCUT2D eigenvalue weighted by Crippen LogP contribution is -2.06. The van der Waals surface area contributed by atoms with Crippen molar-refractivity contribution in [1.82, 2.24) is 15.0 Å². The maximum Gasteiger partial charge on any atom is 0.165 e. The van der Waals surface area contributed by atoms with Crippen LogP contribution in [0.1, 0.15) is 0 Å². The van der Waals surface area contributed by atoms with Gasteiger partial charge >= 0.3 is 0 Å². The minimum absolute atomic E-state index is 0.606. The molecule has 9 rings (SSSR count). The first kappa shape index (κ1) is 32.7. The third kappa shape index (κ3) is 6.29. The van der Waals surface area contributed by atoms with Crippen molar-refractivity contribution in [2.24, 2.45) is 0 Å². The molecular weight excluding hydrogens is 655 g/mol. The van der Waals surface area contributed by atoms with Crippen LogP contribution in [0.25, 0.3) is 89.8 Å². The fourth-order valence-corrected chi connectivity index (χ4v) is 7.36. The third-order valence-electron chi connectivity index (χ3n) is 9.74. The monoisotopic (exact) mass is 689 g/mol. The lowest BCUT2D eigenvalue weighted by atomic mass is 9.75. The second kappa shape index (κ2) is 14.8. The van der Waals surface area contributed by atoms with Crippen molar-refractivity contribution in [3.05, 3.63) is 212 Å². The van der Waals surface area contributed by atoms with Gasteiger partial charge in [0.25, 0.3) is 0 Å². The zero-order valence-corrected chi connectivity index (χ0v) is 29.5. The molecule has 3 nitrogen and oxygen atoms in total. The SMILES string of the molecule is c1ccc(-c2nc(-c3ccccc3)nc(-c3c(-c4ccccc4)c(-c4ccccc4)c(-c4ccccc4)c(-c4ccccc4)c3-c3ccccc3)n2)cc1. The molecule has 54 heavy (non-hydrogen) atoms. The first-order valence-corrected chi connectivity index (χ1v) is 18.2. The molecule has 0 spiro atoms. The van der Waals surface area contributed by atoms with E-state index in [4.69, 9.17) is 15.0 Å². The van der Waals surface area contributed by atoms with Crippen LogP contribution in [0.5, 0.6) is 0 Å². The van der Waals surface area contributed by atoms with Crippen molar-refractivity contribution in [2.75, 3.05) is 0 Å². The average molecular weight is 690 g/mol. The van der Waals surface area contributed by atoms with Crippen molar-refractivity contribution in [1.29, 1.82) is 0 Å². The van der Waals surface area contributed by atoms with E-state index < -0.39 is 0 Å². The van der Waals surface area contributed by atoms with Gasteiger partial charge in [0.05, 0.1) is 0 Å². The summed E-state index contributed by atoms with van der Waals surface area (Å²) < 4.78 is 0. The van der Waals surface area contributed by atoms with Gasteiger partial charge in [0, 0.05) is 27.8 Å². The van der Waals surface area contributed by atoms with Crippen LogP contribution in [0.15, 0.2) is 212 Å². The van der Waals surface area contributed by atoms with Gasteiger partial charge in [-0.05, 0) is 44.5 Å². The second-order valence-corrected chi connectivity index (χ2v) is 13.1. The van der Waals surface area contributed by atoms with Crippen molar-refractivity contribution < 1.29 is 0 Å². The van der Waals surface area contributed by atoms with Gasteiger partial charge in [-0.3, -0.25) is 0 Å². The molecule has 0 aliphatic carbocycles. The van der Waals surface area contributed by atoms with E-state index in [1.54, 1.807) is 0 Å². The maximum absolute atomic E-state index is 5.42. The topological polar surface area (TPSA) is 38.7 Å². The van der Waals surface area contributed by atoms with Crippen LogP contribution in [0.4, 0.5) is 0 Å². The Kier molecular flexibility index (Phi) is 8.94. The highest BCUT2D eigenvalue weighted by Gasteiger charge is 2.30. The molecule has 0 saturated carbocycles. The minimum atomic E-state index is 0.606. The summed E-state index contributed by atoms with van der Waals surface area (Å²) in [4.78, 5) is 16.0. The van der Waals surface area contributed by atoms with E-state index in [9.17, 15) is 0 Å². The molecule has 0 saturated heterocycles. The molecule has 0 radical (unpaired) electrons. The zero-order valence-electron chi connectivity index (χ0n) is 29.5. The molecule has 1 heterocycles. The highest BCUT2D eigenvalue weighted by atomic mass is 15.0. The highest BCUT2D eigenvalue weighted by Crippen LogP contribution is 2.55. The molecule has 0 fully saturated rings. The van der Waals surface area contributed by atoms with Crippen molar-refractivity contribution in [2.45, 2.75) is 0 Å². The Balaban J connectivity index is 1.56. The number of hydrogen-bond acceptors (Lipinski definition) is 3. The van der Waals surface area contributed by atoms with Gasteiger partial charge < -0.3 is 0 Å². The molecule has 1 aromatic heterocycles. The molecule has 0 aliphatic rings. The Morgan fingerprint density at radius 2 is 0.352 bits per heavy atom. The normalized spacial score (nSPS) is 11.0. The minimum Gasteiger partial charge on any atom is -0.208 e. The maximum atomic E-state index is 5.42. The lowest BCUT2D eigenvalue weighted by molar-refractivity contribution is 1.07. The summed E-state index contributed by atoms with van der Waals surface area (Å²) in [5.74, 6) is 1.84. The summed E-state index contributed by atoms with van der Waals surface area (Å²) in [5.41, 5.74) is 13.8. The standard InChI is InChI=1S/C51H35N3/c1-8-22-36(23-9-1)43-44(37-24-10-2-11-25-37)46(39-28-14-4-15-29-39)48(47(40-30-16-5-17-31-40)45(43)38-26-12-3-13-27-38)51-53-49(41-32-18-6-19-33-41)52-50(54-51)42-34-20-7-21-35-42/h1-35H. The number of hydrogen-bond donors (Lipinski definition) is 0. The molecule has 0 bridgehead atoms. The van der Waals surface area contributed by atoms with Crippen LogP contribution >= 0.6 is 0 Å². The van der Waals surface area contributed by atoms with E-state index in [0.29, 0.717) is 17.5 Å². The number of aromatic nitrogens is 3. The van der Waals surface area contributed by atoms with Crippen LogP contribution in [0, 0.1) is 0 Å². The van der Waals surface area contributed by atoms with Gasteiger partial charge in [-0.25, -0.2) is 15.0 Å². The van der Waals surface area contributed by atoms with Crippen LogP contribution in [-0.2, 0) is 0 Å². The first-order chi connectivity index (χ1) is 26.8. The zero-order chi connectivity index (χ0) is 36.1. The fourth-order valence-electron chi connectivity index (χ4n) is 7.36. The third-order valence-corrected chi connectivity index (χ3v) is 9.74. The summed E-state index contributed by atoms with van der Waals surface area (Å²) in [6.07, 6.45) is 0. The summed E-state index contributed by atoms with van der Waals surface area (Å²) in [5, 5.41) is 0. The molecule has 254 valence electrons. The number of benzene rings is 8. The van der Waals surface area contributed by atoms with Crippen molar-refractivity contribution in [3.63, 3.8) is 0 Å². The molecule has 0 unspecified atom stereocenters. The van der Waals surface area contributed by atoms with Crippen molar-refractivity contribution in [3.8, 4) is 89.8 Å². The molecular formula is C51H35N3. The molecule has 8 aromatic carbocycles. The summed E-state index contributed by atoms with van der Waals surface area (Å²) >= 11 is 0. The molecule has 0 aliphatic heterocycles. The van der Waals surface area contributed by atoms with Crippen molar-refractivity contribution >= 4 is 0 Å². The van der Waals surface area contributed by atoms with Gasteiger partial charge in [-0.2, -0.15) is 0 Å². The van der Waals surface area contributed by atoms with E-state index in [1.165, 1.54) is 0 Å². The summed E-state index contributed by atoms with van der Waals surface area (Å²) in [6, 6.07) is 74.1. The van der Waals surface area contributed by atoms with Gasteiger partial charge in [-0.1, -0.05) is 212 Å². The van der Waals surface area contributed by atoms with Crippen LogP contribution in [0.3, 0.4) is 0 Å². The van der Waals surface area contributed by atoms with Gasteiger partial charge in [-0.15, -0.1) is 0 Å². The summed E-state index contributed by atoms with van der Waals surface area (Å²) in [6.45, 7) is 0. The van der Waals surface area contributed by atoms with E-state index in [2.05, 4.69) is 176 Å². The van der Waals surface area contributed by atoms with Gasteiger partial charge in [0.15, 0.2) is 17.5 Å². The van der Waals surface area contributed by atoms with Crippen LogP contribution < -0.4 is 0 Å². The Bertz CT molecular complexity index is 2490. The van der Waals surface area contributed by atoms with Gasteiger partial charge in [0.2, 0.25) is 0 Å². The number of nitrogens with zero attached hydrogens (tertiary/aromatic N) is 3. The quantitative estimate of drug-likeness (QED) is 0.159. The molecule has 0 atom stereocenters. The van der Waals surface area contributed by atoms with E-state index in [-0.39, 0.29) is 0 Å². The molecule has 0 amide bonds. The van der Waals surface area contributed by atoms with E-state index >= 15 is 0 Å². The molecule has 9 aromatic rings. The molecule has 3 heteroatoms. The van der Waals surface area contributed by atoms with E-state index in [0.717, 1.165) is 72.3 Å². The predicted molar refractivity (Wildman–Crippen MR) is 223 cm³/mol. The largest absolute Gasteiger partial charge is 0.208 e. The lowest BCUT2D eigenvalue weighted by Gasteiger charge is -2.28. The predicted octanol–water partition coefficient (Wildman–Crippen LogP) is 13.2. The first-order valence-electron chi connectivity index (χ1n) is 18.2. The Labute approximate surface area is 316 Å². The van der Waals surface area contributed by atoms with Gasteiger partial charge in [0.1, 0.15) is 0 Å². The molecule has 0 N–H and O–H groups in total. The Morgan fingerprint density at radius 1 is 0.167 bits per heavy atom. The van der Waals surface area contributed by atoms with E-state index in [1.807, 2.05) is 36.4 Å². The smallest absolute Gasteiger partial charge is 0.165 e. The van der Waals surface area contributed by atoms with Crippen LogP contribution in [-0.4, -0.2) is 15.0 Å². The summed E-state index contributed by atoms with van der Waals surface area (Å²) in [7, 11) is 0. The highest BCUT2D eigenvalue weighted by molar-refractivity contribution is 6.14. The van der Waals surface area contributed by atoms with Crippen LogP contribution in [0.2, 0.25) is 0 Å².